The Balaban J connectivity index is 2.78. The summed E-state index contributed by atoms with van der Waals surface area (Å²) in [6.45, 7) is 4.05. The maximum atomic E-state index is 10.8. The van der Waals surface area contributed by atoms with Crippen molar-refractivity contribution >= 4 is 23.5 Å². The quantitative estimate of drug-likeness (QED) is 0.614. The van der Waals surface area contributed by atoms with Gasteiger partial charge in [0.15, 0.2) is 0 Å². The maximum absolute atomic E-state index is 10.8. The number of para-hydroxylation sites is 2. The number of isocyanates is 2. The lowest BCUT2D eigenvalue weighted by Crippen LogP contribution is -1.91. The smallest absolute Gasteiger partial charge is 0.211 e. The number of carbonyl (C=O) groups excluding carboxylic acids is 2. The number of hydrogen-bond donors (Lipinski definition) is 0. The summed E-state index contributed by atoms with van der Waals surface area (Å²) in [5.74, 6) is 0.207. The standard InChI is InChI=1S/C17H14N2O2/c1-12(2)13-7-5-8-15(17(13)19-11-21)14-6-3-4-9-16(14)18-10-20/h3-9,12H,1-2H3. The third-order valence-corrected chi connectivity index (χ3v) is 3.21. The van der Waals surface area contributed by atoms with Crippen LogP contribution in [0.3, 0.4) is 0 Å². The molecule has 2 rings (SSSR count). The molecule has 0 aromatic heterocycles. The van der Waals surface area contributed by atoms with Gasteiger partial charge >= 0.3 is 0 Å². The Bertz CT molecular complexity index is 753. The van der Waals surface area contributed by atoms with Crippen LogP contribution < -0.4 is 0 Å². The van der Waals surface area contributed by atoms with E-state index in [1.165, 1.54) is 0 Å². The molecule has 0 spiro atoms. The van der Waals surface area contributed by atoms with Crippen LogP contribution in [-0.4, -0.2) is 12.2 Å². The topological polar surface area (TPSA) is 58.9 Å². The van der Waals surface area contributed by atoms with Gasteiger partial charge in [0, 0.05) is 11.1 Å². The molecule has 0 unspecified atom stereocenters. The highest BCUT2D eigenvalue weighted by Gasteiger charge is 2.14. The highest BCUT2D eigenvalue weighted by atomic mass is 16.1. The molecular formula is C17H14N2O2. The largest absolute Gasteiger partial charge is 0.240 e. The van der Waals surface area contributed by atoms with Gasteiger partial charge in [-0.15, -0.1) is 0 Å². The molecule has 0 bridgehead atoms. The summed E-state index contributed by atoms with van der Waals surface area (Å²) >= 11 is 0. The average Bonchev–Trinajstić information content (AvgIpc) is 2.48. The fourth-order valence-electron chi connectivity index (χ4n) is 2.26. The maximum Gasteiger partial charge on any atom is 0.240 e. The molecular weight excluding hydrogens is 264 g/mol. The fraction of sp³-hybridized carbons (Fsp3) is 0.176. The molecule has 0 saturated heterocycles. The van der Waals surface area contributed by atoms with E-state index in [-0.39, 0.29) is 5.92 Å². The van der Waals surface area contributed by atoms with Gasteiger partial charge in [-0.05, 0) is 17.5 Å². The van der Waals surface area contributed by atoms with Crippen LogP contribution in [0, 0.1) is 0 Å². The van der Waals surface area contributed by atoms with Crippen LogP contribution in [0.25, 0.3) is 11.1 Å². The minimum atomic E-state index is 0.207. The zero-order valence-corrected chi connectivity index (χ0v) is 11.8. The van der Waals surface area contributed by atoms with Gasteiger partial charge in [-0.2, -0.15) is 9.98 Å². The number of aliphatic imine (C=N–C) groups is 2. The Kier molecular flexibility index (Phi) is 4.57. The summed E-state index contributed by atoms with van der Waals surface area (Å²) in [5.41, 5.74) is 3.49. The molecule has 0 saturated carbocycles. The summed E-state index contributed by atoms with van der Waals surface area (Å²) in [5, 5.41) is 0. The van der Waals surface area contributed by atoms with Crippen molar-refractivity contribution in [2.75, 3.05) is 0 Å². The molecule has 4 heteroatoms. The summed E-state index contributed by atoms with van der Waals surface area (Å²) in [7, 11) is 0. The molecule has 0 radical (unpaired) electrons. The zero-order chi connectivity index (χ0) is 15.2. The first-order chi connectivity index (χ1) is 10.2. The molecule has 0 heterocycles. The summed E-state index contributed by atoms with van der Waals surface area (Å²) in [6.07, 6.45) is 3.16. The van der Waals surface area contributed by atoms with Gasteiger partial charge in [0.2, 0.25) is 12.2 Å². The van der Waals surface area contributed by atoms with Crippen LogP contribution in [0.1, 0.15) is 25.3 Å². The Morgan fingerprint density at radius 2 is 1.52 bits per heavy atom. The van der Waals surface area contributed by atoms with Crippen molar-refractivity contribution in [2.45, 2.75) is 19.8 Å². The Labute approximate surface area is 122 Å². The Morgan fingerprint density at radius 3 is 2.19 bits per heavy atom. The van der Waals surface area contributed by atoms with Gasteiger partial charge in [-0.1, -0.05) is 50.2 Å². The molecule has 2 aromatic rings. The van der Waals surface area contributed by atoms with Crippen LogP contribution in [-0.2, 0) is 9.59 Å². The molecule has 0 aliphatic heterocycles. The lowest BCUT2D eigenvalue weighted by molar-refractivity contribution is 0.564. The highest BCUT2D eigenvalue weighted by molar-refractivity contribution is 5.86. The van der Waals surface area contributed by atoms with E-state index < -0.39 is 0 Å². The monoisotopic (exact) mass is 278 g/mol. The molecule has 21 heavy (non-hydrogen) atoms. The number of nitrogens with zero attached hydrogens (tertiary/aromatic N) is 2. The molecule has 0 aliphatic rings. The highest BCUT2D eigenvalue weighted by Crippen LogP contribution is 2.40. The first kappa shape index (κ1) is 14.6. The third-order valence-electron chi connectivity index (χ3n) is 3.21. The van der Waals surface area contributed by atoms with Crippen molar-refractivity contribution in [3.63, 3.8) is 0 Å². The number of benzene rings is 2. The summed E-state index contributed by atoms with van der Waals surface area (Å²) in [6, 6.07) is 12.9. The predicted octanol–water partition coefficient (Wildman–Crippen LogP) is 4.41. The average molecular weight is 278 g/mol. The van der Waals surface area contributed by atoms with Crippen molar-refractivity contribution in [3.05, 3.63) is 48.0 Å². The lowest BCUT2D eigenvalue weighted by Gasteiger charge is -2.13. The molecule has 104 valence electrons. The Morgan fingerprint density at radius 1 is 0.857 bits per heavy atom. The second kappa shape index (κ2) is 6.58. The van der Waals surface area contributed by atoms with E-state index in [0.29, 0.717) is 11.4 Å². The van der Waals surface area contributed by atoms with E-state index in [1.54, 1.807) is 24.3 Å². The fourth-order valence-corrected chi connectivity index (χ4v) is 2.26. The molecule has 0 aliphatic carbocycles. The van der Waals surface area contributed by atoms with E-state index in [4.69, 9.17) is 0 Å². The first-order valence-corrected chi connectivity index (χ1v) is 6.57. The van der Waals surface area contributed by atoms with Gasteiger partial charge in [-0.25, -0.2) is 9.59 Å². The van der Waals surface area contributed by atoms with E-state index in [0.717, 1.165) is 16.7 Å². The minimum Gasteiger partial charge on any atom is -0.211 e. The van der Waals surface area contributed by atoms with Gasteiger partial charge in [0.25, 0.3) is 0 Å². The van der Waals surface area contributed by atoms with Gasteiger partial charge in [0.1, 0.15) is 0 Å². The van der Waals surface area contributed by atoms with Crippen molar-refractivity contribution in [1.82, 2.24) is 0 Å². The van der Waals surface area contributed by atoms with E-state index in [2.05, 4.69) is 9.98 Å². The minimum absolute atomic E-state index is 0.207. The second-order valence-electron chi connectivity index (χ2n) is 4.82. The molecule has 0 amide bonds. The van der Waals surface area contributed by atoms with Crippen LogP contribution in [0.5, 0.6) is 0 Å². The number of hydrogen-bond acceptors (Lipinski definition) is 4. The van der Waals surface area contributed by atoms with Gasteiger partial charge in [-0.3, -0.25) is 0 Å². The molecule has 0 N–H and O–H groups in total. The third kappa shape index (κ3) is 3.03. The molecule has 4 nitrogen and oxygen atoms in total. The van der Waals surface area contributed by atoms with Crippen LogP contribution in [0.15, 0.2) is 52.4 Å². The van der Waals surface area contributed by atoms with Crippen molar-refractivity contribution in [2.24, 2.45) is 9.98 Å². The first-order valence-electron chi connectivity index (χ1n) is 6.57. The summed E-state index contributed by atoms with van der Waals surface area (Å²) < 4.78 is 0. The van der Waals surface area contributed by atoms with Crippen molar-refractivity contribution in [3.8, 4) is 11.1 Å². The SMILES string of the molecule is CC(C)c1cccc(-c2ccccc2N=C=O)c1N=C=O. The van der Waals surface area contributed by atoms with Gasteiger partial charge < -0.3 is 0 Å². The Hall–Kier alpha value is -2.80. The van der Waals surface area contributed by atoms with Crippen LogP contribution >= 0.6 is 0 Å². The lowest BCUT2D eigenvalue weighted by atomic mass is 9.94. The van der Waals surface area contributed by atoms with E-state index in [9.17, 15) is 9.59 Å². The van der Waals surface area contributed by atoms with Gasteiger partial charge in [0.05, 0.1) is 11.4 Å². The normalized spacial score (nSPS) is 9.86. The van der Waals surface area contributed by atoms with E-state index >= 15 is 0 Å². The summed E-state index contributed by atoms with van der Waals surface area (Å²) in [4.78, 5) is 28.9. The van der Waals surface area contributed by atoms with Crippen molar-refractivity contribution < 1.29 is 9.59 Å². The van der Waals surface area contributed by atoms with Crippen LogP contribution in [0.4, 0.5) is 11.4 Å². The van der Waals surface area contributed by atoms with Crippen LogP contribution in [0.2, 0.25) is 0 Å². The molecule has 2 aromatic carbocycles. The molecule has 0 atom stereocenters. The zero-order valence-electron chi connectivity index (χ0n) is 11.8. The predicted molar refractivity (Wildman–Crippen MR) is 81.5 cm³/mol. The number of rotatable bonds is 4. The van der Waals surface area contributed by atoms with E-state index in [1.807, 2.05) is 44.2 Å². The second-order valence-corrected chi connectivity index (χ2v) is 4.82. The molecule has 0 fully saturated rings. The van der Waals surface area contributed by atoms with Crippen molar-refractivity contribution in [1.29, 1.82) is 0 Å².